The highest BCUT2D eigenvalue weighted by Crippen LogP contribution is 2.17. The fraction of sp³-hybridized carbons (Fsp3) is 0.231. The van der Waals surface area contributed by atoms with Crippen LogP contribution in [-0.2, 0) is 19.4 Å². The van der Waals surface area contributed by atoms with Gasteiger partial charge in [-0.3, -0.25) is 4.79 Å². The van der Waals surface area contributed by atoms with Gasteiger partial charge in [-0.05, 0) is 31.2 Å². The van der Waals surface area contributed by atoms with E-state index in [4.69, 9.17) is 5.11 Å². The van der Waals surface area contributed by atoms with E-state index >= 15 is 0 Å². The number of anilines is 1. The zero-order valence-electron chi connectivity index (χ0n) is 11.3. The van der Waals surface area contributed by atoms with Gasteiger partial charge in [0.1, 0.15) is 11.1 Å². The molecular formula is C13H14FNO5S. The fourth-order valence-electron chi connectivity index (χ4n) is 1.35. The van der Waals surface area contributed by atoms with Crippen molar-refractivity contribution < 1.29 is 27.5 Å². The molecule has 1 aromatic carbocycles. The van der Waals surface area contributed by atoms with Gasteiger partial charge >= 0.3 is 5.97 Å². The largest absolute Gasteiger partial charge is 0.478 e. The summed E-state index contributed by atoms with van der Waals surface area (Å²) in [5, 5.41) is 9.58. The van der Waals surface area contributed by atoms with Gasteiger partial charge < -0.3 is 10.4 Å². The van der Waals surface area contributed by atoms with Crippen molar-refractivity contribution in [1.29, 1.82) is 0 Å². The first kappa shape index (κ1) is 16.8. The van der Waals surface area contributed by atoms with Crippen LogP contribution >= 0.6 is 0 Å². The second-order valence-corrected chi connectivity index (χ2v) is 6.74. The molecule has 0 aliphatic heterocycles. The standard InChI is InChI=1S/C13H14FNO5S/c1-8(21(2,19)20)13(18)15-10-4-5-11(14)9(7-10)3-6-12(16)17/h3-8H,1-2H3,(H,15,18)(H,16,17)/b6-3+. The predicted octanol–water partition coefficient (Wildman–Crippen LogP) is 1.30. The van der Waals surface area contributed by atoms with Crippen molar-refractivity contribution in [3.63, 3.8) is 0 Å². The van der Waals surface area contributed by atoms with Gasteiger partial charge in [0.25, 0.3) is 0 Å². The van der Waals surface area contributed by atoms with Crippen molar-refractivity contribution in [2.45, 2.75) is 12.2 Å². The Labute approximate surface area is 121 Å². The van der Waals surface area contributed by atoms with E-state index in [-0.39, 0.29) is 11.3 Å². The lowest BCUT2D eigenvalue weighted by Gasteiger charge is -2.11. The van der Waals surface area contributed by atoms with Gasteiger partial charge in [-0.2, -0.15) is 0 Å². The van der Waals surface area contributed by atoms with Crippen LogP contribution in [0.1, 0.15) is 12.5 Å². The van der Waals surface area contributed by atoms with Crippen LogP contribution < -0.4 is 5.32 Å². The number of amides is 1. The Morgan fingerprint density at radius 3 is 2.52 bits per heavy atom. The zero-order valence-corrected chi connectivity index (χ0v) is 12.1. The lowest BCUT2D eigenvalue weighted by atomic mass is 10.1. The summed E-state index contributed by atoms with van der Waals surface area (Å²) >= 11 is 0. The van der Waals surface area contributed by atoms with E-state index in [9.17, 15) is 22.4 Å². The summed E-state index contributed by atoms with van der Waals surface area (Å²) in [7, 11) is -3.54. The van der Waals surface area contributed by atoms with E-state index in [0.717, 1.165) is 24.5 Å². The third-order valence-corrected chi connectivity index (χ3v) is 4.18. The fourth-order valence-corrected chi connectivity index (χ4v) is 1.80. The maximum Gasteiger partial charge on any atom is 0.328 e. The molecule has 0 aliphatic carbocycles. The molecule has 114 valence electrons. The predicted molar refractivity (Wildman–Crippen MR) is 76.0 cm³/mol. The first-order valence-corrected chi connectivity index (χ1v) is 7.77. The molecule has 6 nitrogen and oxygen atoms in total. The third kappa shape index (κ3) is 4.99. The van der Waals surface area contributed by atoms with E-state index in [1.165, 1.54) is 19.1 Å². The van der Waals surface area contributed by atoms with Crippen LogP contribution in [-0.4, -0.2) is 36.9 Å². The van der Waals surface area contributed by atoms with Crippen LogP contribution in [0.25, 0.3) is 6.08 Å². The number of nitrogens with one attached hydrogen (secondary N) is 1. The van der Waals surface area contributed by atoms with Crippen molar-refractivity contribution in [2.24, 2.45) is 0 Å². The third-order valence-electron chi connectivity index (χ3n) is 2.68. The molecule has 0 saturated carbocycles. The Morgan fingerprint density at radius 2 is 2.00 bits per heavy atom. The van der Waals surface area contributed by atoms with Crippen molar-refractivity contribution >= 4 is 33.5 Å². The molecular weight excluding hydrogens is 301 g/mol. The maximum atomic E-state index is 13.5. The van der Waals surface area contributed by atoms with Gasteiger partial charge in [-0.15, -0.1) is 0 Å². The molecule has 1 amide bonds. The molecule has 0 heterocycles. The minimum atomic E-state index is -3.54. The number of carboxylic acid groups (broad SMARTS) is 1. The first-order valence-electron chi connectivity index (χ1n) is 5.81. The summed E-state index contributed by atoms with van der Waals surface area (Å²) in [6.07, 6.45) is 2.72. The van der Waals surface area contributed by atoms with Gasteiger partial charge in [0, 0.05) is 23.6 Å². The van der Waals surface area contributed by atoms with Crippen LogP contribution in [0.2, 0.25) is 0 Å². The van der Waals surface area contributed by atoms with Crippen LogP contribution in [0.15, 0.2) is 24.3 Å². The summed E-state index contributed by atoms with van der Waals surface area (Å²) in [5.41, 5.74) is 0.129. The molecule has 0 spiro atoms. The average Bonchev–Trinajstić information content (AvgIpc) is 2.37. The van der Waals surface area contributed by atoms with Crippen molar-refractivity contribution in [1.82, 2.24) is 0 Å². The number of carbonyl (C=O) groups excluding carboxylic acids is 1. The zero-order chi connectivity index (χ0) is 16.2. The van der Waals surface area contributed by atoms with Crippen molar-refractivity contribution in [2.75, 3.05) is 11.6 Å². The number of hydrogen-bond acceptors (Lipinski definition) is 4. The highest BCUT2D eigenvalue weighted by molar-refractivity contribution is 7.92. The Kier molecular flexibility index (Phi) is 5.20. The minimum absolute atomic E-state index is 0.0396. The summed E-state index contributed by atoms with van der Waals surface area (Å²) < 4.78 is 36.0. The lowest BCUT2D eigenvalue weighted by molar-refractivity contribution is -0.131. The van der Waals surface area contributed by atoms with Gasteiger partial charge in [-0.25, -0.2) is 17.6 Å². The van der Waals surface area contributed by atoms with E-state index < -0.39 is 32.8 Å². The topological polar surface area (TPSA) is 101 Å². The van der Waals surface area contributed by atoms with Gasteiger partial charge in [0.15, 0.2) is 9.84 Å². The molecule has 0 aliphatic rings. The second-order valence-electron chi connectivity index (χ2n) is 4.37. The summed E-state index contributed by atoms with van der Waals surface area (Å²) in [6.45, 7) is 1.24. The summed E-state index contributed by atoms with van der Waals surface area (Å²) in [4.78, 5) is 22.1. The Hall–Kier alpha value is -2.22. The van der Waals surface area contributed by atoms with Crippen LogP contribution in [0.4, 0.5) is 10.1 Å². The molecule has 0 radical (unpaired) electrons. The van der Waals surface area contributed by atoms with E-state index in [1.807, 2.05) is 0 Å². The normalized spacial score (nSPS) is 13.1. The van der Waals surface area contributed by atoms with E-state index in [0.29, 0.717) is 0 Å². The SMILES string of the molecule is CC(C(=O)Nc1ccc(F)c(/C=C/C(=O)O)c1)S(C)(=O)=O. The lowest BCUT2D eigenvalue weighted by Crippen LogP contribution is -2.31. The van der Waals surface area contributed by atoms with Crippen LogP contribution in [0, 0.1) is 5.82 Å². The van der Waals surface area contributed by atoms with Gasteiger partial charge in [0.2, 0.25) is 5.91 Å². The molecule has 0 saturated heterocycles. The number of benzene rings is 1. The van der Waals surface area contributed by atoms with Gasteiger partial charge in [-0.1, -0.05) is 0 Å². The minimum Gasteiger partial charge on any atom is -0.478 e. The first-order chi connectivity index (χ1) is 9.61. The molecule has 1 unspecified atom stereocenters. The smallest absolute Gasteiger partial charge is 0.328 e. The highest BCUT2D eigenvalue weighted by Gasteiger charge is 2.23. The van der Waals surface area contributed by atoms with E-state index in [1.54, 1.807) is 0 Å². The maximum absolute atomic E-state index is 13.5. The monoisotopic (exact) mass is 315 g/mol. The molecule has 8 heteroatoms. The molecule has 1 rings (SSSR count). The number of carboxylic acids is 1. The molecule has 2 N–H and O–H groups in total. The summed E-state index contributed by atoms with van der Waals surface area (Å²) in [5.74, 6) is -2.66. The Bertz CT molecular complexity index is 697. The van der Waals surface area contributed by atoms with Crippen LogP contribution in [0.5, 0.6) is 0 Å². The van der Waals surface area contributed by atoms with Crippen LogP contribution in [0.3, 0.4) is 0 Å². The number of rotatable bonds is 5. The molecule has 1 atom stereocenters. The molecule has 21 heavy (non-hydrogen) atoms. The molecule has 1 aromatic rings. The molecule has 0 fully saturated rings. The summed E-state index contributed by atoms with van der Waals surface area (Å²) in [6, 6.07) is 3.50. The van der Waals surface area contributed by atoms with E-state index in [2.05, 4.69) is 5.32 Å². The Morgan fingerprint density at radius 1 is 1.38 bits per heavy atom. The van der Waals surface area contributed by atoms with Crippen molar-refractivity contribution in [3.8, 4) is 0 Å². The number of hydrogen-bond donors (Lipinski definition) is 2. The highest BCUT2D eigenvalue weighted by atomic mass is 32.2. The number of carbonyl (C=O) groups is 2. The second kappa shape index (κ2) is 6.49. The number of halogens is 1. The number of aliphatic carboxylic acids is 1. The number of sulfone groups is 1. The van der Waals surface area contributed by atoms with Crippen molar-refractivity contribution in [3.05, 3.63) is 35.7 Å². The quantitative estimate of drug-likeness (QED) is 0.798. The molecule has 0 bridgehead atoms. The Balaban J connectivity index is 2.98. The van der Waals surface area contributed by atoms with Gasteiger partial charge in [0.05, 0.1) is 0 Å². The molecule has 0 aromatic heterocycles. The average molecular weight is 315 g/mol.